The van der Waals surface area contributed by atoms with Crippen molar-refractivity contribution in [2.24, 2.45) is 7.05 Å². The van der Waals surface area contributed by atoms with Crippen LogP contribution in [0.4, 0.5) is 4.39 Å². The monoisotopic (exact) mass is 400 g/mol. The lowest BCUT2D eigenvalue weighted by Crippen LogP contribution is -2.56. The molecule has 0 saturated carbocycles. The largest absolute Gasteiger partial charge is 0.379 e. The molecule has 1 aromatic heterocycles. The van der Waals surface area contributed by atoms with Crippen molar-refractivity contribution in [3.05, 3.63) is 53.1 Å². The maximum atomic E-state index is 13.3. The molecule has 2 fully saturated rings. The molecule has 2 aliphatic heterocycles. The molecule has 0 radical (unpaired) electrons. The van der Waals surface area contributed by atoms with E-state index in [9.17, 15) is 14.0 Å². The normalized spacial score (nSPS) is 22.4. The van der Waals surface area contributed by atoms with E-state index in [2.05, 4.69) is 5.10 Å². The Morgan fingerprint density at radius 1 is 1.31 bits per heavy atom. The summed E-state index contributed by atoms with van der Waals surface area (Å²) in [5.74, 6) is -0.435. The van der Waals surface area contributed by atoms with Crippen LogP contribution in [-0.4, -0.2) is 63.2 Å². The summed E-state index contributed by atoms with van der Waals surface area (Å²) in [6.07, 6.45) is 2.63. The highest BCUT2D eigenvalue weighted by Gasteiger charge is 2.47. The van der Waals surface area contributed by atoms with Gasteiger partial charge in [0.05, 0.1) is 23.4 Å². The van der Waals surface area contributed by atoms with E-state index in [1.165, 1.54) is 12.1 Å². The Balaban J connectivity index is 1.63. The summed E-state index contributed by atoms with van der Waals surface area (Å²) in [7, 11) is 1.78. The summed E-state index contributed by atoms with van der Waals surface area (Å²) in [5.41, 5.74) is 1.51. The van der Waals surface area contributed by atoms with E-state index >= 15 is 0 Å². The number of aryl methyl sites for hydroxylation is 2. The average Bonchev–Trinajstić information content (AvgIpc) is 3.26. The van der Waals surface area contributed by atoms with E-state index in [0.29, 0.717) is 50.5 Å². The molecule has 154 valence electrons. The number of ether oxygens (including phenoxy) is 1. The van der Waals surface area contributed by atoms with Gasteiger partial charge >= 0.3 is 0 Å². The van der Waals surface area contributed by atoms with Crippen LogP contribution in [0, 0.1) is 12.7 Å². The van der Waals surface area contributed by atoms with Crippen LogP contribution in [0.1, 0.15) is 34.5 Å². The maximum absolute atomic E-state index is 13.3. The van der Waals surface area contributed by atoms with Gasteiger partial charge in [-0.05, 0) is 31.0 Å². The van der Waals surface area contributed by atoms with Crippen LogP contribution >= 0.6 is 0 Å². The molecule has 0 bridgehead atoms. The predicted octanol–water partition coefficient (Wildman–Crippen LogP) is 1.90. The maximum Gasteiger partial charge on any atom is 0.257 e. The Morgan fingerprint density at radius 2 is 2.07 bits per heavy atom. The Bertz CT molecular complexity index is 919. The van der Waals surface area contributed by atoms with Crippen LogP contribution in [0.5, 0.6) is 0 Å². The molecule has 0 aliphatic carbocycles. The second kappa shape index (κ2) is 7.59. The number of hydrogen-bond acceptors (Lipinski definition) is 4. The summed E-state index contributed by atoms with van der Waals surface area (Å²) in [5, 5.41) is 4.27. The number of aromatic nitrogens is 2. The number of nitrogens with zero attached hydrogens (tertiary/aromatic N) is 4. The molecular formula is C21H25FN4O3. The minimum atomic E-state index is -0.576. The second-order valence-corrected chi connectivity index (χ2v) is 7.91. The molecular weight excluding hydrogens is 375 g/mol. The molecule has 29 heavy (non-hydrogen) atoms. The molecule has 1 unspecified atom stereocenters. The van der Waals surface area contributed by atoms with Crippen LogP contribution in [0.2, 0.25) is 0 Å². The lowest BCUT2D eigenvalue weighted by molar-refractivity contribution is -0.137. The van der Waals surface area contributed by atoms with Crippen molar-refractivity contribution >= 4 is 11.8 Å². The minimum absolute atomic E-state index is 0.0157. The van der Waals surface area contributed by atoms with Gasteiger partial charge in [-0.1, -0.05) is 12.1 Å². The number of carbonyl (C=O) groups excluding carboxylic acids is 2. The van der Waals surface area contributed by atoms with Crippen LogP contribution in [0.15, 0.2) is 30.5 Å². The molecule has 1 atom stereocenters. The van der Waals surface area contributed by atoms with Gasteiger partial charge in [-0.3, -0.25) is 14.3 Å². The third-order valence-corrected chi connectivity index (χ3v) is 5.82. The molecule has 2 saturated heterocycles. The van der Waals surface area contributed by atoms with Gasteiger partial charge in [0, 0.05) is 45.9 Å². The van der Waals surface area contributed by atoms with E-state index in [-0.39, 0.29) is 24.1 Å². The zero-order valence-electron chi connectivity index (χ0n) is 16.7. The van der Waals surface area contributed by atoms with E-state index in [1.54, 1.807) is 35.0 Å². The lowest BCUT2D eigenvalue weighted by atomic mass is 9.94. The summed E-state index contributed by atoms with van der Waals surface area (Å²) in [6, 6.07) is 6.19. The van der Waals surface area contributed by atoms with Crippen LogP contribution < -0.4 is 0 Å². The number of amides is 2. The zero-order chi connectivity index (χ0) is 20.6. The van der Waals surface area contributed by atoms with Gasteiger partial charge < -0.3 is 14.5 Å². The van der Waals surface area contributed by atoms with Gasteiger partial charge in [-0.2, -0.15) is 5.10 Å². The molecule has 2 aliphatic rings. The smallest absolute Gasteiger partial charge is 0.257 e. The fourth-order valence-corrected chi connectivity index (χ4v) is 4.27. The van der Waals surface area contributed by atoms with Gasteiger partial charge in [0.1, 0.15) is 5.82 Å². The van der Waals surface area contributed by atoms with Crippen molar-refractivity contribution in [3.63, 3.8) is 0 Å². The van der Waals surface area contributed by atoms with Gasteiger partial charge in [0.2, 0.25) is 5.91 Å². The van der Waals surface area contributed by atoms with Crippen LogP contribution in [0.3, 0.4) is 0 Å². The summed E-state index contributed by atoms with van der Waals surface area (Å²) >= 11 is 0. The summed E-state index contributed by atoms with van der Waals surface area (Å²) < 4.78 is 20.6. The van der Waals surface area contributed by atoms with Crippen molar-refractivity contribution in [2.75, 3.05) is 26.3 Å². The van der Waals surface area contributed by atoms with Crippen molar-refractivity contribution in [3.8, 4) is 0 Å². The Labute approximate surface area is 169 Å². The minimum Gasteiger partial charge on any atom is -0.379 e. The zero-order valence-corrected chi connectivity index (χ0v) is 16.7. The van der Waals surface area contributed by atoms with Gasteiger partial charge in [0.25, 0.3) is 5.91 Å². The SMILES string of the molecule is Cc1nn(C)cc1C(=O)N1CCC(=O)N(Cc2ccc(F)cc2)C2(CCOC2)C1. The highest BCUT2D eigenvalue weighted by atomic mass is 19.1. The fourth-order valence-electron chi connectivity index (χ4n) is 4.27. The van der Waals surface area contributed by atoms with Gasteiger partial charge in [-0.25, -0.2) is 4.39 Å². The quantitative estimate of drug-likeness (QED) is 0.789. The Hall–Kier alpha value is -2.74. The van der Waals surface area contributed by atoms with Gasteiger partial charge in [0.15, 0.2) is 0 Å². The summed E-state index contributed by atoms with van der Waals surface area (Å²) in [6.45, 7) is 3.87. The van der Waals surface area contributed by atoms with E-state index in [0.717, 1.165) is 5.56 Å². The van der Waals surface area contributed by atoms with Crippen molar-refractivity contribution < 1.29 is 18.7 Å². The van der Waals surface area contributed by atoms with Crippen molar-refractivity contribution in [1.82, 2.24) is 19.6 Å². The molecule has 2 aromatic rings. The number of benzene rings is 1. The molecule has 8 heteroatoms. The summed E-state index contributed by atoms with van der Waals surface area (Å²) in [4.78, 5) is 29.8. The van der Waals surface area contributed by atoms with Crippen molar-refractivity contribution in [1.29, 1.82) is 0 Å². The number of hydrogen-bond donors (Lipinski definition) is 0. The topological polar surface area (TPSA) is 67.7 Å². The molecule has 7 nitrogen and oxygen atoms in total. The highest BCUT2D eigenvalue weighted by molar-refractivity contribution is 5.95. The standard InChI is InChI=1S/C21H25FN4O3/c1-15-18(12-24(2)23-15)20(28)25-9-7-19(27)26(21(13-25)8-10-29-14-21)11-16-3-5-17(22)6-4-16/h3-6,12H,7-11,13-14H2,1-2H3. The van der Waals surface area contributed by atoms with E-state index in [1.807, 2.05) is 11.8 Å². The second-order valence-electron chi connectivity index (χ2n) is 7.91. The van der Waals surface area contributed by atoms with Crippen LogP contribution in [0.25, 0.3) is 0 Å². The Morgan fingerprint density at radius 3 is 2.69 bits per heavy atom. The first-order chi connectivity index (χ1) is 13.9. The predicted molar refractivity (Wildman–Crippen MR) is 104 cm³/mol. The lowest BCUT2D eigenvalue weighted by Gasteiger charge is -2.40. The van der Waals surface area contributed by atoms with E-state index in [4.69, 9.17) is 4.74 Å². The molecule has 4 rings (SSSR count). The number of halogens is 1. The molecule has 2 amide bonds. The molecule has 1 aromatic carbocycles. The third-order valence-electron chi connectivity index (χ3n) is 5.82. The first-order valence-corrected chi connectivity index (χ1v) is 9.80. The van der Waals surface area contributed by atoms with E-state index < -0.39 is 5.54 Å². The van der Waals surface area contributed by atoms with Gasteiger partial charge in [-0.15, -0.1) is 0 Å². The molecule has 1 spiro atoms. The molecule has 0 N–H and O–H groups in total. The first-order valence-electron chi connectivity index (χ1n) is 9.80. The first kappa shape index (κ1) is 19.6. The number of rotatable bonds is 3. The fraction of sp³-hybridized carbons (Fsp3) is 0.476. The average molecular weight is 400 g/mol. The third kappa shape index (κ3) is 3.76. The van der Waals surface area contributed by atoms with Crippen molar-refractivity contribution in [2.45, 2.75) is 31.8 Å². The highest BCUT2D eigenvalue weighted by Crippen LogP contribution is 2.33. The number of carbonyl (C=O) groups is 2. The molecule has 3 heterocycles. The Kier molecular flexibility index (Phi) is 5.12. The van der Waals surface area contributed by atoms with Crippen LogP contribution in [-0.2, 0) is 23.1 Å².